The highest BCUT2D eigenvalue weighted by Crippen LogP contribution is 2.20. The number of imide groups is 1. The van der Waals surface area contributed by atoms with Crippen molar-refractivity contribution in [3.8, 4) is 6.07 Å². The van der Waals surface area contributed by atoms with Crippen LogP contribution in [0.3, 0.4) is 0 Å². The Morgan fingerprint density at radius 2 is 1.93 bits per heavy atom. The van der Waals surface area contributed by atoms with E-state index >= 15 is 0 Å². The van der Waals surface area contributed by atoms with E-state index in [-0.39, 0.29) is 39.5 Å². The molecule has 1 saturated heterocycles. The minimum Gasteiger partial charge on any atom is -0.361 e. The van der Waals surface area contributed by atoms with Crippen LogP contribution in [0.2, 0.25) is 0 Å². The van der Waals surface area contributed by atoms with Gasteiger partial charge in [-0.05, 0) is 36.8 Å². The first-order chi connectivity index (χ1) is 12.7. The van der Waals surface area contributed by atoms with Gasteiger partial charge in [0.2, 0.25) is 0 Å². The van der Waals surface area contributed by atoms with E-state index in [9.17, 15) is 27.7 Å². The van der Waals surface area contributed by atoms with Gasteiger partial charge in [0, 0.05) is 18.3 Å². The smallest absolute Gasteiger partial charge is 0.361 e. The Morgan fingerprint density at radius 3 is 2.48 bits per heavy atom. The van der Waals surface area contributed by atoms with Crippen LogP contribution in [0.25, 0.3) is 0 Å². The van der Waals surface area contributed by atoms with Gasteiger partial charge < -0.3 is 5.32 Å². The van der Waals surface area contributed by atoms with Crippen molar-refractivity contribution in [2.24, 2.45) is 0 Å². The molecule has 0 aromatic heterocycles. The fraction of sp³-hybridized carbons (Fsp3) is 0.278. The lowest BCUT2D eigenvalue weighted by Crippen LogP contribution is -3.21. The minimum atomic E-state index is -3.30. The fourth-order valence-electron chi connectivity index (χ4n) is 3.26. The number of quaternary nitrogens is 1. The Bertz CT molecular complexity index is 1020. The third kappa shape index (κ3) is 3.67. The first-order valence-electron chi connectivity index (χ1n) is 8.24. The molecule has 1 aromatic carbocycles. The van der Waals surface area contributed by atoms with Crippen molar-refractivity contribution in [2.45, 2.75) is 19.4 Å². The summed E-state index contributed by atoms with van der Waals surface area (Å²) in [5.74, 6) is -2.03. The molecule has 0 radical (unpaired) electrons. The van der Waals surface area contributed by atoms with Gasteiger partial charge in [0.1, 0.15) is 29.3 Å². The van der Waals surface area contributed by atoms with Crippen LogP contribution in [0.1, 0.15) is 13.3 Å². The van der Waals surface area contributed by atoms with Crippen LogP contribution < -0.4 is 10.2 Å². The predicted molar refractivity (Wildman–Crippen MR) is 94.5 cm³/mol. The topological polar surface area (TPSA) is 109 Å². The molecule has 0 aliphatic carbocycles. The summed E-state index contributed by atoms with van der Waals surface area (Å²) >= 11 is 0. The number of halogens is 1. The molecule has 0 spiro atoms. The molecular formula is C18H17FN3O4S+. The number of benzene rings is 1. The zero-order chi connectivity index (χ0) is 19.8. The van der Waals surface area contributed by atoms with Crippen LogP contribution in [0.5, 0.6) is 0 Å². The first-order valence-corrected chi connectivity index (χ1v) is 10.1. The number of nitrogens with zero attached hydrogens (tertiary/aromatic N) is 1. The van der Waals surface area contributed by atoms with E-state index in [4.69, 9.17) is 0 Å². The quantitative estimate of drug-likeness (QED) is 0.560. The molecule has 7 nitrogen and oxygen atoms in total. The zero-order valence-electron chi connectivity index (χ0n) is 14.5. The molecule has 27 heavy (non-hydrogen) atoms. The Balaban J connectivity index is 1.97. The Kier molecular flexibility index (Phi) is 4.95. The van der Waals surface area contributed by atoms with E-state index in [0.717, 1.165) is 0 Å². The highest BCUT2D eigenvalue weighted by atomic mass is 32.2. The maximum absolute atomic E-state index is 13.0. The highest BCUT2D eigenvalue weighted by molar-refractivity contribution is 7.91. The molecule has 2 N–H and O–H groups in total. The lowest BCUT2D eigenvalue weighted by Gasteiger charge is -2.25. The standard InChI is InChI=1S/C18H16FN3O4S/c1-11-15(8-20)17(23)22(14-6-7-27(25,26)10-14)18(24)16(11)9-21-13-4-2-12(19)3-5-13/h2-5,9,14,21H,6-7,10H2,1H3/p+1/b16-9-/t14-/m0/s1. The van der Waals surface area contributed by atoms with Gasteiger partial charge in [-0.2, -0.15) is 10.2 Å². The number of hydrogen-bond donors (Lipinski definition) is 2. The van der Waals surface area contributed by atoms with Gasteiger partial charge in [0.05, 0.1) is 5.75 Å². The minimum absolute atomic E-state index is 0.0841. The van der Waals surface area contributed by atoms with Gasteiger partial charge in [-0.3, -0.25) is 0 Å². The van der Waals surface area contributed by atoms with E-state index in [2.05, 4.69) is 5.32 Å². The molecule has 1 fully saturated rings. The van der Waals surface area contributed by atoms with Gasteiger partial charge in [-0.1, -0.05) is 0 Å². The number of amides is 2. The summed E-state index contributed by atoms with van der Waals surface area (Å²) in [5, 5.41) is 12.2. The molecule has 0 bridgehead atoms. The number of carbonyl (C=O) groups excluding carboxylic acids is 2. The molecule has 2 amide bonds. The fourth-order valence-corrected chi connectivity index (χ4v) is 5.02. The Morgan fingerprint density at radius 1 is 1.26 bits per heavy atom. The maximum Gasteiger partial charge on any atom is 0.363 e. The van der Waals surface area contributed by atoms with Crippen molar-refractivity contribution in [1.82, 2.24) is 0 Å². The number of carbonyl (C=O) groups is 2. The van der Waals surface area contributed by atoms with Crippen molar-refractivity contribution in [3.63, 3.8) is 0 Å². The van der Waals surface area contributed by atoms with E-state index in [1.165, 1.54) is 37.4 Å². The van der Waals surface area contributed by atoms with E-state index < -0.39 is 33.5 Å². The first kappa shape index (κ1) is 18.9. The van der Waals surface area contributed by atoms with E-state index in [1.807, 2.05) is 6.07 Å². The Hall–Kier alpha value is -2.83. The second-order valence-electron chi connectivity index (χ2n) is 6.49. The number of anilines is 1. The van der Waals surface area contributed by atoms with Gasteiger partial charge >= 0.3 is 11.8 Å². The van der Waals surface area contributed by atoms with Crippen molar-refractivity contribution >= 4 is 27.3 Å². The number of nitriles is 1. The van der Waals surface area contributed by atoms with Gasteiger partial charge in [-0.25, -0.2) is 22.4 Å². The zero-order valence-corrected chi connectivity index (χ0v) is 15.3. The lowest BCUT2D eigenvalue weighted by atomic mass is 9.94. The summed E-state index contributed by atoms with van der Waals surface area (Å²) in [6.45, 7) is 1.49. The summed E-state index contributed by atoms with van der Waals surface area (Å²) in [6.07, 6.45) is 1.55. The summed E-state index contributed by atoms with van der Waals surface area (Å²) in [7, 11) is -3.30. The maximum atomic E-state index is 13.0. The van der Waals surface area contributed by atoms with Crippen LogP contribution in [-0.4, -0.2) is 37.8 Å². The van der Waals surface area contributed by atoms with Crippen LogP contribution in [0.15, 0.2) is 47.2 Å². The molecular weight excluding hydrogens is 373 g/mol. The molecule has 2 atom stereocenters. The monoisotopic (exact) mass is 390 g/mol. The van der Waals surface area contributed by atoms with Gasteiger partial charge in [0.25, 0.3) is 0 Å². The van der Waals surface area contributed by atoms with Crippen LogP contribution >= 0.6 is 0 Å². The molecule has 140 valence electrons. The molecule has 1 unspecified atom stereocenters. The van der Waals surface area contributed by atoms with Gasteiger partial charge in [0.15, 0.2) is 15.4 Å². The average molecular weight is 390 g/mol. The molecule has 2 heterocycles. The van der Waals surface area contributed by atoms with E-state index in [0.29, 0.717) is 5.69 Å². The van der Waals surface area contributed by atoms with Crippen LogP contribution in [0.4, 0.5) is 10.1 Å². The molecule has 2 aliphatic rings. The molecule has 2 aliphatic heterocycles. The molecule has 3 rings (SSSR count). The second-order valence-corrected chi connectivity index (χ2v) is 8.72. The Labute approximate surface area is 155 Å². The third-order valence-corrected chi connectivity index (χ3v) is 6.49. The predicted octanol–water partition coefficient (Wildman–Crippen LogP) is 0.100. The largest absolute Gasteiger partial charge is 0.363 e. The summed E-state index contributed by atoms with van der Waals surface area (Å²) in [4.78, 5) is 25.4. The van der Waals surface area contributed by atoms with Gasteiger partial charge in [-0.15, -0.1) is 0 Å². The normalized spacial score (nSPS) is 26.3. The second kappa shape index (κ2) is 7.06. The average Bonchev–Trinajstić information content (AvgIpc) is 2.96. The lowest BCUT2D eigenvalue weighted by molar-refractivity contribution is -0.761. The number of rotatable bonds is 3. The van der Waals surface area contributed by atoms with Crippen molar-refractivity contribution in [3.05, 3.63) is 53.0 Å². The van der Waals surface area contributed by atoms with Crippen molar-refractivity contribution in [1.29, 1.82) is 5.26 Å². The molecule has 0 saturated carbocycles. The van der Waals surface area contributed by atoms with Crippen LogP contribution in [-0.2, 0) is 19.4 Å². The number of nitrogens with one attached hydrogen (secondary N) is 2. The van der Waals surface area contributed by atoms with E-state index in [1.54, 1.807) is 0 Å². The molecule has 9 heteroatoms. The molecule has 1 aromatic rings. The summed E-state index contributed by atoms with van der Waals surface area (Å²) in [6, 6.07) is 6.56. The number of sulfone groups is 1. The summed E-state index contributed by atoms with van der Waals surface area (Å²) in [5.41, 5.74) is 0.701. The summed E-state index contributed by atoms with van der Waals surface area (Å²) < 4.78 is 36.5. The third-order valence-electron chi connectivity index (χ3n) is 4.72. The van der Waals surface area contributed by atoms with Crippen molar-refractivity contribution in [2.75, 3.05) is 16.8 Å². The van der Waals surface area contributed by atoms with Crippen molar-refractivity contribution < 1.29 is 27.3 Å². The van der Waals surface area contributed by atoms with Crippen LogP contribution in [0, 0.1) is 17.1 Å². The SMILES string of the molecule is CC1=C(C#N)C(=O)[NH+]([C@H]2CCS(=O)(=O)C2)C(=O)/C1=C\Nc1ccc(F)cc1. The highest BCUT2D eigenvalue weighted by Gasteiger charge is 2.48. The number of hydrogen-bond acceptors (Lipinski definition) is 6.